The summed E-state index contributed by atoms with van der Waals surface area (Å²) in [4.78, 5) is 11.1. The second-order valence-electron chi connectivity index (χ2n) is 2.95. The third-order valence-electron chi connectivity index (χ3n) is 2.09. The van der Waals surface area contributed by atoms with Gasteiger partial charge in [0.15, 0.2) is 0 Å². The highest BCUT2D eigenvalue weighted by atomic mass is 16.5. The minimum atomic E-state index is -0.408. The Kier molecular flexibility index (Phi) is 2.56. The lowest BCUT2D eigenvalue weighted by atomic mass is 10.0. The van der Waals surface area contributed by atoms with E-state index in [0.717, 1.165) is 11.1 Å². The van der Waals surface area contributed by atoms with Crippen LogP contribution in [0.25, 0.3) is 0 Å². The molecule has 0 aliphatic carbocycles. The number of primary amides is 1. The van der Waals surface area contributed by atoms with Crippen molar-refractivity contribution in [2.45, 2.75) is 13.8 Å². The van der Waals surface area contributed by atoms with E-state index in [2.05, 4.69) is 0 Å². The number of amides is 1. The first-order valence-electron chi connectivity index (χ1n) is 4.02. The first-order chi connectivity index (χ1) is 6.07. The molecule has 0 spiro atoms. The summed E-state index contributed by atoms with van der Waals surface area (Å²) in [6, 6.07) is 3.66. The Labute approximate surface area is 77.5 Å². The van der Waals surface area contributed by atoms with Crippen LogP contribution in [0.4, 0.5) is 0 Å². The average Bonchev–Trinajstić information content (AvgIpc) is 2.04. The average molecular weight is 179 g/mol. The Morgan fingerprint density at radius 2 is 2.00 bits per heavy atom. The Morgan fingerprint density at radius 3 is 2.46 bits per heavy atom. The van der Waals surface area contributed by atoms with Gasteiger partial charge in [0.1, 0.15) is 5.75 Å². The van der Waals surface area contributed by atoms with Crippen molar-refractivity contribution in [1.29, 1.82) is 0 Å². The van der Waals surface area contributed by atoms with Crippen LogP contribution in [0.1, 0.15) is 21.5 Å². The first-order valence-corrected chi connectivity index (χ1v) is 4.02. The molecule has 0 aromatic heterocycles. The van der Waals surface area contributed by atoms with Crippen molar-refractivity contribution in [3.05, 3.63) is 28.8 Å². The van der Waals surface area contributed by atoms with Crippen LogP contribution in [-0.2, 0) is 0 Å². The van der Waals surface area contributed by atoms with Crippen LogP contribution in [0, 0.1) is 13.8 Å². The monoisotopic (exact) mass is 179 g/mol. The maximum atomic E-state index is 11.1. The molecule has 0 atom stereocenters. The predicted molar refractivity (Wildman–Crippen MR) is 51.0 cm³/mol. The lowest BCUT2D eigenvalue weighted by Gasteiger charge is -2.10. The van der Waals surface area contributed by atoms with Crippen molar-refractivity contribution in [3.63, 3.8) is 0 Å². The van der Waals surface area contributed by atoms with Crippen molar-refractivity contribution in [3.8, 4) is 5.75 Å². The van der Waals surface area contributed by atoms with Crippen LogP contribution >= 0.6 is 0 Å². The lowest BCUT2D eigenvalue weighted by Crippen LogP contribution is -2.14. The van der Waals surface area contributed by atoms with Crippen LogP contribution in [0.2, 0.25) is 0 Å². The van der Waals surface area contributed by atoms with Crippen LogP contribution in [0.5, 0.6) is 5.75 Å². The van der Waals surface area contributed by atoms with E-state index in [4.69, 9.17) is 10.5 Å². The van der Waals surface area contributed by atoms with E-state index in [9.17, 15) is 4.79 Å². The van der Waals surface area contributed by atoms with Gasteiger partial charge in [0.05, 0.1) is 7.11 Å². The summed E-state index contributed by atoms with van der Waals surface area (Å²) in [5.41, 5.74) is 7.48. The Balaban J connectivity index is 3.38. The molecule has 0 aliphatic rings. The van der Waals surface area contributed by atoms with Crippen LogP contribution in [-0.4, -0.2) is 13.0 Å². The number of hydrogen-bond acceptors (Lipinski definition) is 2. The molecule has 0 aliphatic heterocycles. The van der Waals surface area contributed by atoms with Crippen LogP contribution in [0.15, 0.2) is 12.1 Å². The van der Waals surface area contributed by atoms with E-state index in [-0.39, 0.29) is 0 Å². The number of methoxy groups -OCH3 is 1. The van der Waals surface area contributed by atoms with Gasteiger partial charge < -0.3 is 10.5 Å². The largest absolute Gasteiger partial charge is 0.496 e. The van der Waals surface area contributed by atoms with Gasteiger partial charge in [-0.1, -0.05) is 6.07 Å². The zero-order chi connectivity index (χ0) is 10.0. The Bertz CT molecular complexity index is 345. The van der Waals surface area contributed by atoms with E-state index < -0.39 is 5.91 Å². The number of benzene rings is 1. The number of rotatable bonds is 2. The molecule has 1 rings (SSSR count). The summed E-state index contributed by atoms with van der Waals surface area (Å²) >= 11 is 0. The number of carbonyl (C=O) groups is 1. The normalized spacial score (nSPS) is 9.77. The molecule has 3 heteroatoms. The lowest BCUT2D eigenvalue weighted by molar-refractivity contribution is 0.0998. The van der Waals surface area contributed by atoms with E-state index in [0.29, 0.717) is 11.3 Å². The number of nitrogens with two attached hydrogens (primary N) is 1. The quantitative estimate of drug-likeness (QED) is 0.746. The molecule has 0 heterocycles. The SMILES string of the molecule is COc1ccc(C)c(C(N)=O)c1C. The molecule has 2 N–H and O–H groups in total. The second-order valence-corrected chi connectivity index (χ2v) is 2.95. The molecule has 0 saturated carbocycles. The van der Waals surface area contributed by atoms with Gasteiger partial charge >= 0.3 is 0 Å². The molecule has 13 heavy (non-hydrogen) atoms. The third-order valence-corrected chi connectivity index (χ3v) is 2.09. The first kappa shape index (κ1) is 9.58. The zero-order valence-corrected chi connectivity index (χ0v) is 8.05. The molecule has 0 bridgehead atoms. The molecular weight excluding hydrogens is 166 g/mol. The molecule has 0 unspecified atom stereocenters. The van der Waals surface area contributed by atoms with Crippen LogP contribution in [0.3, 0.4) is 0 Å². The molecule has 0 radical (unpaired) electrons. The molecule has 3 nitrogen and oxygen atoms in total. The van der Waals surface area contributed by atoms with Crippen molar-refractivity contribution >= 4 is 5.91 Å². The van der Waals surface area contributed by atoms with E-state index in [1.807, 2.05) is 26.0 Å². The number of hydrogen-bond donors (Lipinski definition) is 1. The predicted octanol–water partition coefficient (Wildman–Crippen LogP) is 1.41. The molecule has 0 saturated heterocycles. The smallest absolute Gasteiger partial charge is 0.249 e. The van der Waals surface area contributed by atoms with Gasteiger partial charge in [-0.3, -0.25) is 4.79 Å². The minimum absolute atomic E-state index is 0.408. The highest BCUT2D eigenvalue weighted by Gasteiger charge is 2.11. The third kappa shape index (κ3) is 1.64. The number of ether oxygens (including phenoxy) is 1. The Morgan fingerprint density at radius 1 is 1.38 bits per heavy atom. The van der Waals surface area contributed by atoms with E-state index >= 15 is 0 Å². The summed E-state index contributed by atoms with van der Waals surface area (Å²) in [6.07, 6.45) is 0. The van der Waals surface area contributed by atoms with Gasteiger partial charge in [0.25, 0.3) is 0 Å². The summed E-state index contributed by atoms with van der Waals surface area (Å²) in [5, 5.41) is 0. The second kappa shape index (κ2) is 3.47. The van der Waals surface area contributed by atoms with Gasteiger partial charge in [0, 0.05) is 11.1 Å². The minimum Gasteiger partial charge on any atom is -0.496 e. The summed E-state index contributed by atoms with van der Waals surface area (Å²) in [7, 11) is 1.57. The highest BCUT2D eigenvalue weighted by molar-refractivity contribution is 5.96. The highest BCUT2D eigenvalue weighted by Crippen LogP contribution is 2.23. The molecule has 70 valence electrons. The topological polar surface area (TPSA) is 52.3 Å². The molecule has 1 aromatic rings. The maximum absolute atomic E-state index is 11.1. The maximum Gasteiger partial charge on any atom is 0.249 e. The summed E-state index contributed by atoms with van der Waals surface area (Å²) in [6.45, 7) is 3.68. The fourth-order valence-electron chi connectivity index (χ4n) is 1.43. The van der Waals surface area contributed by atoms with Gasteiger partial charge in [-0.15, -0.1) is 0 Å². The van der Waals surface area contributed by atoms with Crippen LogP contribution < -0.4 is 10.5 Å². The standard InChI is InChI=1S/C10H13NO2/c1-6-4-5-8(13-3)7(2)9(6)10(11)12/h4-5H,1-3H3,(H2,11,12). The summed E-state index contributed by atoms with van der Waals surface area (Å²) < 4.78 is 5.08. The fraction of sp³-hybridized carbons (Fsp3) is 0.300. The van der Waals surface area contributed by atoms with Gasteiger partial charge in [-0.25, -0.2) is 0 Å². The molecule has 1 aromatic carbocycles. The van der Waals surface area contributed by atoms with Gasteiger partial charge in [0.2, 0.25) is 5.91 Å². The summed E-state index contributed by atoms with van der Waals surface area (Å²) in [5.74, 6) is 0.285. The molecule has 1 amide bonds. The van der Waals surface area contributed by atoms with Gasteiger partial charge in [-0.05, 0) is 25.5 Å². The van der Waals surface area contributed by atoms with Gasteiger partial charge in [-0.2, -0.15) is 0 Å². The van der Waals surface area contributed by atoms with E-state index in [1.54, 1.807) is 7.11 Å². The number of aryl methyl sites for hydroxylation is 1. The van der Waals surface area contributed by atoms with Crippen molar-refractivity contribution in [2.75, 3.05) is 7.11 Å². The zero-order valence-electron chi connectivity index (χ0n) is 8.05. The fourth-order valence-corrected chi connectivity index (χ4v) is 1.43. The van der Waals surface area contributed by atoms with Crippen molar-refractivity contribution in [1.82, 2.24) is 0 Å². The van der Waals surface area contributed by atoms with Crippen molar-refractivity contribution in [2.24, 2.45) is 5.73 Å². The van der Waals surface area contributed by atoms with E-state index in [1.165, 1.54) is 0 Å². The number of carbonyl (C=O) groups excluding carboxylic acids is 1. The van der Waals surface area contributed by atoms with Crippen molar-refractivity contribution < 1.29 is 9.53 Å². The Hall–Kier alpha value is -1.51. The molecular formula is C10H13NO2. The molecule has 0 fully saturated rings.